The molecule has 0 spiro atoms. The van der Waals surface area contributed by atoms with Gasteiger partial charge in [-0.25, -0.2) is 0 Å². The highest BCUT2D eigenvalue weighted by molar-refractivity contribution is 7.85. The normalized spacial score (nSPS) is 13.9. The summed E-state index contributed by atoms with van der Waals surface area (Å²) in [5.74, 6) is -1.00. The molecule has 1 amide bonds. The Labute approximate surface area is 234 Å². The number of carbonyl (C=O) groups is 1. The van der Waals surface area contributed by atoms with Gasteiger partial charge in [0.1, 0.15) is 0 Å². The van der Waals surface area contributed by atoms with Gasteiger partial charge in [0.25, 0.3) is 10.1 Å². The maximum atomic E-state index is 12.3. The first-order chi connectivity index (χ1) is 18.3. The molecule has 0 aromatic carbocycles. The lowest BCUT2D eigenvalue weighted by Crippen LogP contribution is -2.46. The van der Waals surface area contributed by atoms with Crippen LogP contribution in [0.15, 0.2) is 24.3 Å². The molecule has 0 saturated carbocycles. The average molecular weight is 558 g/mol. The lowest BCUT2D eigenvalue weighted by Gasteiger charge is -2.21. The van der Waals surface area contributed by atoms with Crippen LogP contribution in [0.1, 0.15) is 149 Å². The fourth-order valence-corrected chi connectivity index (χ4v) is 5.26. The maximum Gasteiger partial charge on any atom is 0.267 e. The zero-order valence-corrected chi connectivity index (χ0v) is 25.4. The Morgan fingerprint density at radius 2 is 1.13 bits per heavy atom. The molecule has 0 rings (SSSR count). The first-order valence-electron chi connectivity index (χ1n) is 15.5. The van der Waals surface area contributed by atoms with Crippen molar-refractivity contribution >= 4 is 16.0 Å². The number of hydrogen-bond donors (Lipinski definition) is 3. The minimum atomic E-state index is -4.33. The molecule has 3 N–H and O–H groups in total. The van der Waals surface area contributed by atoms with Crippen LogP contribution in [0.5, 0.6) is 0 Å². The average Bonchev–Trinajstić information content (AvgIpc) is 2.86. The summed E-state index contributed by atoms with van der Waals surface area (Å²) in [6.45, 7) is 4.44. The van der Waals surface area contributed by atoms with E-state index in [1.165, 1.54) is 96.0 Å². The summed E-state index contributed by atoms with van der Waals surface area (Å²) in [6.07, 6.45) is 30.3. The molecule has 6 nitrogen and oxygen atoms in total. The molecule has 0 aromatic heterocycles. The van der Waals surface area contributed by atoms with Gasteiger partial charge in [-0.3, -0.25) is 9.35 Å². The van der Waals surface area contributed by atoms with Crippen LogP contribution in [-0.2, 0) is 14.9 Å². The number of unbranched alkanes of at least 4 members (excludes halogenated alkanes) is 17. The van der Waals surface area contributed by atoms with Gasteiger partial charge in [-0.15, -0.1) is 0 Å². The van der Waals surface area contributed by atoms with E-state index in [1.807, 2.05) is 0 Å². The molecule has 0 aromatic rings. The van der Waals surface area contributed by atoms with Crippen molar-refractivity contribution in [2.45, 2.75) is 161 Å². The van der Waals surface area contributed by atoms with E-state index in [0.29, 0.717) is 0 Å². The Balaban J connectivity index is 4.13. The molecule has 224 valence electrons. The molecule has 7 heteroatoms. The highest BCUT2D eigenvalue weighted by Gasteiger charge is 2.24. The third kappa shape index (κ3) is 26.4. The van der Waals surface area contributed by atoms with Crippen LogP contribution in [0.3, 0.4) is 0 Å². The molecular weight excluding hydrogens is 498 g/mol. The summed E-state index contributed by atoms with van der Waals surface area (Å²) < 4.78 is 32.1. The molecular formula is C31H59NO5S. The van der Waals surface area contributed by atoms with E-state index in [4.69, 9.17) is 0 Å². The summed E-state index contributed by atoms with van der Waals surface area (Å²) in [5, 5.41) is 13.0. The second-order valence-electron chi connectivity index (χ2n) is 10.7. The zero-order chi connectivity index (χ0) is 28.3. The van der Waals surface area contributed by atoms with Gasteiger partial charge in [0.05, 0.1) is 17.9 Å². The predicted molar refractivity (Wildman–Crippen MR) is 161 cm³/mol. The molecule has 2 atom stereocenters. The van der Waals surface area contributed by atoms with Gasteiger partial charge in [-0.2, -0.15) is 8.42 Å². The summed E-state index contributed by atoms with van der Waals surface area (Å²) in [5.41, 5.74) is 0. The molecule has 0 radical (unpaired) electrons. The number of amides is 1. The lowest BCUT2D eigenvalue weighted by atomic mass is 10.1. The van der Waals surface area contributed by atoms with E-state index in [9.17, 15) is 22.9 Å². The molecule has 2 unspecified atom stereocenters. The van der Waals surface area contributed by atoms with E-state index in [2.05, 4.69) is 31.3 Å². The first kappa shape index (κ1) is 36.8. The third-order valence-corrected chi connectivity index (χ3v) is 7.66. The Morgan fingerprint density at radius 1 is 0.684 bits per heavy atom. The quantitative estimate of drug-likeness (QED) is 0.0538. The number of aliphatic hydroxyl groups is 1. The van der Waals surface area contributed by atoms with Gasteiger partial charge in [-0.05, 0) is 32.1 Å². The number of nitrogens with one attached hydrogen (secondary N) is 1. The Bertz CT molecular complexity index is 705. The number of allylic oxidation sites excluding steroid dienone is 3. The number of rotatable bonds is 27. The molecule has 0 heterocycles. The van der Waals surface area contributed by atoms with Crippen molar-refractivity contribution in [3.8, 4) is 0 Å². The smallest absolute Gasteiger partial charge is 0.267 e. The fraction of sp³-hybridized carbons (Fsp3) is 0.839. The Hall–Kier alpha value is -1.18. The van der Waals surface area contributed by atoms with Crippen LogP contribution >= 0.6 is 0 Å². The fourth-order valence-electron chi connectivity index (χ4n) is 4.52. The third-order valence-electron chi connectivity index (χ3n) is 6.88. The van der Waals surface area contributed by atoms with E-state index in [0.717, 1.165) is 38.5 Å². The molecule has 0 aliphatic heterocycles. The second-order valence-corrected chi connectivity index (χ2v) is 12.2. The molecule has 0 saturated heterocycles. The van der Waals surface area contributed by atoms with E-state index < -0.39 is 28.0 Å². The van der Waals surface area contributed by atoms with Crippen molar-refractivity contribution in [2.75, 3.05) is 5.75 Å². The van der Waals surface area contributed by atoms with Crippen LogP contribution in [0.2, 0.25) is 0 Å². The van der Waals surface area contributed by atoms with Crippen molar-refractivity contribution in [1.82, 2.24) is 5.32 Å². The van der Waals surface area contributed by atoms with E-state index >= 15 is 0 Å². The molecule has 0 fully saturated rings. The summed E-state index contributed by atoms with van der Waals surface area (Å²) in [4.78, 5) is 12.3. The lowest BCUT2D eigenvalue weighted by molar-refractivity contribution is -0.122. The van der Waals surface area contributed by atoms with E-state index in [1.54, 1.807) is 6.08 Å². The predicted octanol–water partition coefficient (Wildman–Crippen LogP) is 8.06. The number of aliphatic hydroxyl groups excluding tert-OH is 1. The van der Waals surface area contributed by atoms with Gasteiger partial charge < -0.3 is 10.4 Å². The van der Waals surface area contributed by atoms with Crippen LogP contribution in [0, 0.1) is 0 Å². The van der Waals surface area contributed by atoms with Crippen molar-refractivity contribution < 1.29 is 22.9 Å². The molecule has 0 bridgehead atoms. The standard InChI is InChI=1S/C31H59NO5S/c1-3-5-7-9-11-13-14-15-16-17-18-19-20-22-24-26-30(33)29(28-38(35,36)37)32-31(34)27-25-23-21-12-10-8-6-4-2/h18-19,24,26,29-30,33H,3-17,20-23,25,27-28H2,1-2H3,(H,32,34)(H,35,36,37)/b19-18+,26-24+. The highest BCUT2D eigenvalue weighted by atomic mass is 32.2. The van der Waals surface area contributed by atoms with Gasteiger partial charge in [0, 0.05) is 6.42 Å². The largest absolute Gasteiger partial charge is 0.387 e. The maximum absolute atomic E-state index is 12.3. The topological polar surface area (TPSA) is 104 Å². The van der Waals surface area contributed by atoms with Crippen LogP contribution < -0.4 is 5.32 Å². The Morgan fingerprint density at radius 3 is 1.66 bits per heavy atom. The second kappa shape index (κ2) is 26.1. The summed E-state index contributed by atoms with van der Waals surface area (Å²) >= 11 is 0. The van der Waals surface area contributed by atoms with Crippen molar-refractivity contribution in [3.05, 3.63) is 24.3 Å². The first-order valence-corrected chi connectivity index (χ1v) is 17.1. The van der Waals surface area contributed by atoms with Gasteiger partial charge in [0.2, 0.25) is 5.91 Å². The minimum Gasteiger partial charge on any atom is -0.387 e. The SMILES string of the molecule is CCCCCCCCCCC/C=C/CC/C=C/C(O)C(CS(=O)(=O)O)NC(=O)CCCCCCCCCC. The summed E-state index contributed by atoms with van der Waals surface area (Å²) in [7, 11) is -4.33. The number of hydrogen-bond acceptors (Lipinski definition) is 4. The van der Waals surface area contributed by atoms with Crippen molar-refractivity contribution in [2.24, 2.45) is 0 Å². The molecule has 0 aliphatic rings. The van der Waals surface area contributed by atoms with Gasteiger partial charge in [0.15, 0.2) is 0 Å². The van der Waals surface area contributed by atoms with Crippen molar-refractivity contribution in [1.29, 1.82) is 0 Å². The molecule has 0 aliphatic carbocycles. The van der Waals surface area contributed by atoms with Gasteiger partial charge in [-0.1, -0.05) is 134 Å². The molecule has 38 heavy (non-hydrogen) atoms. The van der Waals surface area contributed by atoms with Crippen molar-refractivity contribution in [3.63, 3.8) is 0 Å². The summed E-state index contributed by atoms with van der Waals surface area (Å²) in [6, 6.07) is -1.06. The van der Waals surface area contributed by atoms with Crippen LogP contribution in [0.25, 0.3) is 0 Å². The van der Waals surface area contributed by atoms with Crippen LogP contribution in [0.4, 0.5) is 0 Å². The van der Waals surface area contributed by atoms with Crippen LogP contribution in [-0.4, -0.2) is 41.9 Å². The number of carbonyl (C=O) groups excluding carboxylic acids is 1. The highest BCUT2D eigenvalue weighted by Crippen LogP contribution is 2.12. The minimum absolute atomic E-state index is 0.289. The monoisotopic (exact) mass is 557 g/mol. The zero-order valence-electron chi connectivity index (χ0n) is 24.5. The van der Waals surface area contributed by atoms with E-state index in [-0.39, 0.29) is 12.3 Å². The Kier molecular flexibility index (Phi) is 25.3. The van der Waals surface area contributed by atoms with Gasteiger partial charge >= 0.3 is 0 Å².